The lowest BCUT2D eigenvalue weighted by Crippen LogP contribution is -2.12. The summed E-state index contributed by atoms with van der Waals surface area (Å²) >= 11 is 24.4. The fraction of sp³-hybridized carbons (Fsp3) is 0. The lowest BCUT2D eigenvalue weighted by atomic mass is 10.3. The molecule has 0 spiro atoms. The van der Waals surface area contributed by atoms with Gasteiger partial charge in [0.1, 0.15) is 5.75 Å². The van der Waals surface area contributed by atoms with Crippen molar-refractivity contribution in [2.75, 3.05) is 4.72 Å². The molecule has 0 aliphatic heterocycles. The molecule has 3 aromatic carbocycles. The Balaban J connectivity index is 1.89. The summed E-state index contributed by atoms with van der Waals surface area (Å²) < 4.78 is 32.9. The van der Waals surface area contributed by atoms with Crippen LogP contribution in [0.4, 0.5) is 5.69 Å². The van der Waals surface area contributed by atoms with E-state index in [4.69, 9.17) is 51.1 Å². The average Bonchev–Trinajstić information content (AvgIpc) is 2.60. The second-order valence-corrected chi connectivity index (χ2v) is 8.70. The molecule has 0 saturated carbocycles. The van der Waals surface area contributed by atoms with Gasteiger partial charge in [0.05, 0.1) is 25.7 Å². The minimum absolute atomic E-state index is 0.110. The summed E-state index contributed by atoms with van der Waals surface area (Å²) in [5, 5.41) is 0.956. The minimum Gasteiger partial charge on any atom is -0.453 e. The molecule has 0 aliphatic rings. The van der Waals surface area contributed by atoms with Crippen molar-refractivity contribution >= 4 is 62.1 Å². The number of benzene rings is 3. The first-order valence-electron chi connectivity index (χ1n) is 7.46. The normalized spacial score (nSPS) is 11.3. The van der Waals surface area contributed by atoms with Gasteiger partial charge in [-0.15, -0.1) is 0 Å². The summed E-state index contributed by atoms with van der Waals surface area (Å²) in [6.45, 7) is 0. The predicted octanol–water partition coefficient (Wildman–Crippen LogP) is 6.89. The third kappa shape index (κ3) is 4.81. The standard InChI is InChI=1S/C18H11Cl4NO3S/c19-11-6-7-17(14(20)8-11)26-18-15(21)9-12(10-16(18)22)23-27(24,25)13-4-2-1-3-5-13/h1-10,23H. The quantitative estimate of drug-likeness (QED) is 0.448. The number of nitrogens with one attached hydrogen (secondary N) is 1. The van der Waals surface area contributed by atoms with E-state index in [0.29, 0.717) is 10.8 Å². The molecule has 1 N–H and O–H groups in total. The third-order valence-electron chi connectivity index (χ3n) is 3.41. The predicted molar refractivity (Wildman–Crippen MR) is 110 cm³/mol. The third-order valence-corrected chi connectivity index (χ3v) is 5.90. The summed E-state index contributed by atoms with van der Waals surface area (Å²) in [7, 11) is -3.77. The number of ether oxygens (including phenoxy) is 1. The maximum atomic E-state index is 12.4. The maximum Gasteiger partial charge on any atom is 0.261 e. The smallest absolute Gasteiger partial charge is 0.261 e. The van der Waals surface area contributed by atoms with E-state index in [9.17, 15) is 8.42 Å². The Labute approximate surface area is 176 Å². The Morgan fingerprint density at radius 2 is 1.41 bits per heavy atom. The van der Waals surface area contributed by atoms with Gasteiger partial charge in [0.15, 0.2) is 5.75 Å². The summed E-state index contributed by atoms with van der Waals surface area (Å²) in [5.41, 5.74) is 0.198. The van der Waals surface area contributed by atoms with E-state index in [1.807, 2.05) is 0 Å². The number of anilines is 1. The fourth-order valence-electron chi connectivity index (χ4n) is 2.20. The first-order valence-corrected chi connectivity index (χ1v) is 10.5. The summed E-state index contributed by atoms with van der Waals surface area (Å²) in [6.07, 6.45) is 0. The molecule has 4 nitrogen and oxygen atoms in total. The van der Waals surface area contributed by atoms with Gasteiger partial charge in [-0.25, -0.2) is 8.42 Å². The highest BCUT2D eigenvalue weighted by Crippen LogP contribution is 2.41. The highest BCUT2D eigenvalue weighted by molar-refractivity contribution is 7.92. The topological polar surface area (TPSA) is 55.4 Å². The van der Waals surface area contributed by atoms with Crippen LogP contribution < -0.4 is 9.46 Å². The van der Waals surface area contributed by atoms with Gasteiger partial charge in [0.2, 0.25) is 0 Å². The fourth-order valence-corrected chi connectivity index (χ4v) is 4.27. The van der Waals surface area contributed by atoms with E-state index < -0.39 is 10.0 Å². The molecule has 0 unspecified atom stereocenters. The van der Waals surface area contributed by atoms with Gasteiger partial charge < -0.3 is 4.74 Å². The van der Waals surface area contributed by atoms with Crippen LogP contribution in [0.25, 0.3) is 0 Å². The SMILES string of the molecule is O=S(=O)(Nc1cc(Cl)c(Oc2ccc(Cl)cc2Cl)c(Cl)c1)c1ccccc1. The highest BCUT2D eigenvalue weighted by atomic mass is 35.5. The molecule has 27 heavy (non-hydrogen) atoms. The molecule has 9 heteroatoms. The van der Waals surface area contributed by atoms with E-state index in [1.54, 1.807) is 30.3 Å². The van der Waals surface area contributed by atoms with Crippen LogP contribution in [-0.2, 0) is 10.0 Å². The van der Waals surface area contributed by atoms with Gasteiger partial charge in [-0.3, -0.25) is 4.72 Å². The molecule has 0 heterocycles. The zero-order chi connectivity index (χ0) is 19.6. The van der Waals surface area contributed by atoms with Crippen molar-refractivity contribution in [3.63, 3.8) is 0 Å². The van der Waals surface area contributed by atoms with Gasteiger partial charge in [-0.2, -0.15) is 0 Å². The summed E-state index contributed by atoms with van der Waals surface area (Å²) in [4.78, 5) is 0.116. The van der Waals surface area contributed by atoms with Crippen molar-refractivity contribution in [1.29, 1.82) is 0 Å². The Morgan fingerprint density at radius 3 is 2.00 bits per heavy atom. The average molecular weight is 463 g/mol. The minimum atomic E-state index is -3.77. The Hall–Kier alpha value is -1.63. The number of sulfonamides is 1. The monoisotopic (exact) mass is 461 g/mol. The molecular formula is C18H11Cl4NO3S. The van der Waals surface area contributed by atoms with Gasteiger partial charge in [0, 0.05) is 5.02 Å². The van der Waals surface area contributed by atoms with E-state index in [1.165, 1.54) is 30.3 Å². The molecule has 140 valence electrons. The van der Waals surface area contributed by atoms with Crippen molar-refractivity contribution in [1.82, 2.24) is 0 Å². The molecule has 0 fully saturated rings. The Kier molecular flexibility index (Phi) is 6.08. The number of halogens is 4. The molecular weight excluding hydrogens is 452 g/mol. The van der Waals surface area contributed by atoms with Crippen LogP contribution >= 0.6 is 46.4 Å². The molecule has 0 bridgehead atoms. The zero-order valence-corrected chi connectivity index (χ0v) is 17.3. The van der Waals surface area contributed by atoms with Crippen LogP contribution in [0.1, 0.15) is 0 Å². The van der Waals surface area contributed by atoms with Gasteiger partial charge in [-0.05, 0) is 42.5 Å². The molecule has 3 rings (SSSR count). The molecule has 0 atom stereocenters. The van der Waals surface area contributed by atoms with Gasteiger partial charge in [0.25, 0.3) is 10.0 Å². The molecule has 0 aromatic heterocycles. The van der Waals surface area contributed by atoms with Crippen LogP contribution in [0.5, 0.6) is 11.5 Å². The largest absolute Gasteiger partial charge is 0.453 e. The van der Waals surface area contributed by atoms with Crippen molar-refractivity contribution in [2.45, 2.75) is 4.90 Å². The van der Waals surface area contributed by atoms with Gasteiger partial charge >= 0.3 is 0 Å². The van der Waals surface area contributed by atoms with Crippen molar-refractivity contribution < 1.29 is 13.2 Å². The van der Waals surface area contributed by atoms with Gasteiger partial charge in [-0.1, -0.05) is 64.6 Å². The second kappa shape index (κ2) is 8.17. The Morgan fingerprint density at radius 1 is 0.778 bits per heavy atom. The highest BCUT2D eigenvalue weighted by Gasteiger charge is 2.17. The number of hydrogen-bond acceptors (Lipinski definition) is 3. The molecule has 0 aliphatic carbocycles. The molecule has 3 aromatic rings. The lowest BCUT2D eigenvalue weighted by Gasteiger charge is -2.14. The van der Waals surface area contributed by atoms with Crippen molar-refractivity contribution in [3.05, 3.63) is 80.8 Å². The maximum absolute atomic E-state index is 12.4. The summed E-state index contributed by atoms with van der Waals surface area (Å²) in [6, 6.07) is 15.4. The van der Waals surface area contributed by atoms with E-state index in [2.05, 4.69) is 4.72 Å². The Bertz CT molecular complexity index is 1070. The van der Waals surface area contributed by atoms with Crippen LogP contribution in [0.15, 0.2) is 65.6 Å². The van der Waals surface area contributed by atoms with Crippen LogP contribution in [0, 0.1) is 0 Å². The zero-order valence-electron chi connectivity index (χ0n) is 13.4. The molecule has 0 saturated heterocycles. The van der Waals surface area contributed by atoms with E-state index in [0.717, 1.165) is 0 Å². The number of rotatable bonds is 5. The second-order valence-electron chi connectivity index (χ2n) is 5.36. The first-order chi connectivity index (χ1) is 12.8. The van der Waals surface area contributed by atoms with Crippen LogP contribution in [0.3, 0.4) is 0 Å². The van der Waals surface area contributed by atoms with Crippen LogP contribution in [-0.4, -0.2) is 8.42 Å². The van der Waals surface area contributed by atoms with Crippen molar-refractivity contribution in [3.8, 4) is 11.5 Å². The molecule has 0 radical (unpaired) electrons. The summed E-state index contributed by atoms with van der Waals surface area (Å²) in [5.74, 6) is 0.452. The van der Waals surface area contributed by atoms with Crippen molar-refractivity contribution in [2.24, 2.45) is 0 Å². The lowest BCUT2D eigenvalue weighted by molar-refractivity contribution is 0.483. The molecule has 0 amide bonds. The number of hydrogen-bond donors (Lipinski definition) is 1. The van der Waals surface area contributed by atoms with E-state index >= 15 is 0 Å². The first kappa shape index (κ1) is 20.1. The van der Waals surface area contributed by atoms with Crippen LogP contribution in [0.2, 0.25) is 20.1 Å². The van der Waals surface area contributed by atoms with E-state index in [-0.39, 0.29) is 31.4 Å².